The van der Waals surface area contributed by atoms with Gasteiger partial charge in [0.2, 0.25) is 0 Å². The van der Waals surface area contributed by atoms with E-state index in [4.69, 9.17) is 0 Å². The summed E-state index contributed by atoms with van der Waals surface area (Å²) in [6, 6.07) is 0.437. The Kier molecular flexibility index (Phi) is 1.62. The van der Waals surface area contributed by atoms with Crippen LogP contribution >= 0.6 is 11.3 Å². The summed E-state index contributed by atoms with van der Waals surface area (Å²) in [7, 11) is 0. The Morgan fingerprint density at radius 1 is 1.44 bits per heavy atom. The molecule has 0 radical (unpaired) electrons. The first kappa shape index (κ1) is 9.14. The van der Waals surface area contributed by atoms with Crippen LogP contribution in [0.15, 0.2) is 22.9 Å². The molecule has 0 spiro atoms. The van der Waals surface area contributed by atoms with Crippen molar-refractivity contribution in [1.29, 1.82) is 0 Å². The molecule has 0 amide bonds. The second kappa shape index (κ2) is 2.84. The van der Waals surface area contributed by atoms with E-state index in [0.29, 0.717) is 18.2 Å². The zero-order chi connectivity index (χ0) is 10.8. The van der Waals surface area contributed by atoms with E-state index in [1.807, 2.05) is 6.08 Å². The highest BCUT2D eigenvalue weighted by Gasteiger charge is 2.52. The lowest BCUT2D eigenvalue weighted by Crippen LogP contribution is -2.48. The summed E-state index contributed by atoms with van der Waals surface area (Å²) >= 11 is 1.80. The van der Waals surface area contributed by atoms with Crippen molar-refractivity contribution in [2.75, 3.05) is 6.54 Å². The summed E-state index contributed by atoms with van der Waals surface area (Å²) < 4.78 is 0. The SMILES string of the molecule is O=C1C=C[C@]23CCN(Cc4cscc42)[C@H]3C1. The van der Waals surface area contributed by atoms with Gasteiger partial charge in [0, 0.05) is 31.0 Å². The second-order valence-electron chi connectivity index (χ2n) is 5.09. The van der Waals surface area contributed by atoms with E-state index in [-0.39, 0.29) is 5.41 Å². The number of carbonyl (C=O) groups excluding carboxylic acids is 1. The van der Waals surface area contributed by atoms with Gasteiger partial charge in [-0.1, -0.05) is 6.08 Å². The van der Waals surface area contributed by atoms with Crippen molar-refractivity contribution in [1.82, 2.24) is 4.90 Å². The molecule has 16 heavy (non-hydrogen) atoms. The molecule has 2 bridgehead atoms. The first-order valence-corrected chi connectivity index (χ1v) is 6.75. The average molecular weight is 231 g/mol. The first-order chi connectivity index (χ1) is 7.79. The highest BCUT2D eigenvalue weighted by molar-refractivity contribution is 7.08. The van der Waals surface area contributed by atoms with Gasteiger partial charge in [0.1, 0.15) is 0 Å². The fourth-order valence-electron chi connectivity index (χ4n) is 3.65. The predicted octanol–water partition coefficient (Wildman–Crippen LogP) is 2.10. The summed E-state index contributed by atoms with van der Waals surface area (Å²) in [5.41, 5.74) is 3.15. The van der Waals surface area contributed by atoms with Crippen molar-refractivity contribution in [2.24, 2.45) is 0 Å². The van der Waals surface area contributed by atoms with Crippen molar-refractivity contribution >= 4 is 17.1 Å². The Labute approximate surface area is 98.6 Å². The van der Waals surface area contributed by atoms with Gasteiger partial charge in [0.15, 0.2) is 5.78 Å². The van der Waals surface area contributed by atoms with Crippen LogP contribution < -0.4 is 0 Å². The number of fused-ring (bicyclic) bond motifs is 1. The van der Waals surface area contributed by atoms with Gasteiger partial charge in [-0.05, 0) is 34.4 Å². The number of nitrogens with zero attached hydrogens (tertiary/aromatic N) is 1. The van der Waals surface area contributed by atoms with E-state index in [0.717, 1.165) is 13.1 Å². The molecule has 0 N–H and O–H groups in total. The summed E-state index contributed by atoms with van der Waals surface area (Å²) in [6.07, 6.45) is 5.90. The number of hydrogen-bond acceptors (Lipinski definition) is 3. The zero-order valence-corrected chi connectivity index (χ0v) is 9.80. The zero-order valence-electron chi connectivity index (χ0n) is 8.98. The maximum Gasteiger partial charge on any atom is 0.157 e. The fourth-order valence-corrected chi connectivity index (χ4v) is 4.59. The molecule has 1 aliphatic carbocycles. The number of carbonyl (C=O) groups is 1. The lowest BCUT2D eigenvalue weighted by molar-refractivity contribution is -0.116. The van der Waals surface area contributed by atoms with Gasteiger partial charge in [-0.15, -0.1) is 0 Å². The Morgan fingerprint density at radius 2 is 2.38 bits per heavy atom. The lowest BCUT2D eigenvalue weighted by Gasteiger charge is -2.42. The third kappa shape index (κ3) is 0.937. The van der Waals surface area contributed by atoms with Crippen LogP contribution in [-0.2, 0) is 16.8 Å². The molecule has 0 saturated carbocycles. The van der Waals surface area contributed by atoms with Crippen LogP contribution in [-0.4, -0.2) is 23.3 Å². The van der Waals surface area contributed by atoms with Crippen LogP contribution in [0.3, 0.4) is 0 Å². The highest BCUT2D eigenvalue weighted by Crippen LogP contribution is 2.51. The molecule has 1 fully saturated rings. The normalized spacial score (nSPS) is 39.6. The number of thiophene rings is 1. The van der Waals surface area contributed by atoms with Crippen LogP contribution in [0, 0.1) is 0 Å². The van der Waals surface area contributed by atoms with Crippen molar-refractivity contribution in [3.05, 3.63) is 34.0 Å². The molecule has 82 valence electrons. The van der Waals surface area contributed by atoms with E-state index in [2.05, 4.69) is 21.7 Å². The van der Waals surface area contributed by atoms with Gasteiger partial charge >= 0.3 is 0 Å². The molecule has 2 nitrogen and oxygen atoms in total. The third-order valence-electron chi connectivity index (χ3n) is 4.43. The molecule has 1 aromatic heterocycles. The minimum Gasteiger partial charge on any atom is -0.295 e. The molecule has 3 atom stereocenters. The van der Waals surface area contributed by atoms with Crippen LogP contribution in [0.25, 0.3) is 0 Å². The molecular weight excluding hydrogens is 218 g/mol. The van der Waals surface area contributed by atoms with Crippen LogP contribution in [0.1, 0.15) is 24.0 Å². The maximum atomic E-state index is 11.6. The summed E-state index contributed by atoms with van der Waals surface area (Å²) in [6.45, 7) is 2.19. The molecule has 3 aliphatic rings. The largest absolute Gasteiger partial charge is 0.295 e. The highest BCUT2D eigenvalue weighted by atomic mass is 32.1. The summed E-state index contributed by atoms with van der Waals surface area (Å²) in [4.78, 5) is 14.1. The number of allylic oxidation sites excluding steroid dienone is 1. The van der Waals surface area contributed by atoms with Crippen LogP contribution in [0.5, 0.6) is 0 Å². The standard InChI is InChI=1S/C13H13NOS/c15-10-1-2-13-3-4-14(12(13)5-10)6-9-7-16-8-11(9)13/h1-2,7-8,12H,3-6H2/t12-,13-/m0/s1. The van der Waals surface area contributed by atoms with Crippen molar-refractivity contribution < 1.29 is 4.79 Å². The van der Waals surface area contributed by atoms with Gasteiger partial charge in [0.25, 0.3) is 0 Å². The molecular formula is C13H13NOS. The van der Waals surface area contributed by atoms with Crippen molar-refractivity contribution in [2.45, 2.75) is 30.8 Å². The van der Waals surface area contributed by atoms with Gasteiger partial charge in [-0.25, -0.2) is 0 Å². The van der Waals surface area contributed by atoms with E-state index in [1.54, 1.807) is 11.3 Å². The number of hydrogen-bond donors (Lipinski definition) is 0. The first-order valence-electron chi connectivity index (χ1n) is 5.81. The third-order valence-corrected chi connectivity index (χ3v) is 5.22. The van der Waals surface area contributed by atoms with Crippen molar-refractivity contribution in [3.63, 3.8) is 0 Å². The monoisotopic (exact) mass is 231 g/mol. The maximum absolute atomic E-state index is 11.6. The molecule has 3 heterocycles. The molecule has 1 aromatic rings. The lowest BCUT2D eigenvalue weighted by atomic mass is 9.68. The van der Waals surface area contributed by atoms with E-state index < -0.39 is 0 Å². The summed E-state index contributed by atoms with van der Waals surface area (Å²) in [5, 5.41) is 4.57. The Balaban J connectivity index is 1.97. The van der Waals surface area contributed by atoms with Crippen molar-refractivity contribution in [3.8, 4) is 0 Å². The summed E-state index contributed by atoms with van der Waals surface area (Å²) in [5.74, 6) is 0.297. The second-order valence-corrected chi connectivity index (χ2v) is 5.83. The van der Waals surface area contributed by atoms with E-state index in [9.17, 15) is 4.79 Å². The number of ketones is 1. The Bertz CT molecular complexity index is 504. The minimum absolute atomic E-state index is 0.168. The molecule has 3 heteroatoms. The molecule has 2 aliphatic heterocycles. The molecule has 4 rings (SSSR count). The molecule has 0 aromatic carbocycles. The van der Waals surface area contributed by atoms with Crippen LogP contribution in [0.4, 0.5) is 0 Å². The average Bonchev–Trinajstić information content (AvgIpc) is 2.84. The van der Waals surface area contributed by atoms with Gasteiger partial charge in [0.05, 0.1) is 0 Å². The topological polar surface area (TPSA) is 20.3 Å². The predicted molar refractivity (Wildman–Crippen MR) is 63.6 cm³/mol. The quantitative estimate of drug-likeness (QED) is 0.681. The minimum atomic E-state index is 0.168. The van der Waals surface area contributed by atoms with Crippen LogP contribution in [0.2, 0.25) is 0 Å². The van der Waals surface area contributed by atoms with E-state index >= 15 is 0 Å². The molecule has 1 saturated heterocycles. The fraction of sp³-hybridized carbons (Fsp3) is 0.462. The Hall–Kier alpha value is -0.930. The molecule has 1 unspecified atom stereocenters. The van der Waals surface area contributed by atoms with Gasteiger partial charge < -0.3 is 0 Å². The Morgan fingerprint density at radius 3 is 3.31 bits per heavy atom. The number of rotatable bonds is 0. The van der Waals surface area contributed by atoms with Gasteiger partial charge in [-0.3, -0.25) is 9.69 Å². The van der Waals surface area contributed by atoms with E-state index in [1.165, 1.54) is 17.5 Å². The van der Waals surface area contributed by atoms with Gasteiger partial charge in [-0.2, -0.15) is 11.3 Å². The smallest absolute Gasteiger partial charge is 0.157 e.